The maximum atomic E-state index is 12.2. The number of esters is 3. The van der Waals surface area contributed by atoms with Gasteiger partial charge in [-0.25, -0.2) is 9.59 Å². The van der Waals surface area contributed by atoms with Gasteiger partial charge < -0.3 is 14.2 Å². The Morgan fingerprint density at radius 1 is 1.10 bits per heavy atom. The fraction of sp³-hybridized carbons (Fsp3) is 0.389. The van der Waals surface area contributed by atoms with E-state index in [-0.39, 0.29) is 5.57 Å². The average Bonchev–Trinajstić information content (AvgIpc) is 2.99. The first-order chi connectivity index (χ1) is 13.5. The van der Waals surface area contributed by atoms with Gasteiger partial charge in [0.05, 0.1) is 6.42 Å². The third-order valence-corrected chi connectivity index (χ3v) is 4.67. The molecule has 0 radical (unpaired) electrons. The maximum absolute atomic E-state index is 12.2. The van der Waals surface area contributed by atoms with Crippen LogP contribution in [0, 0.1) is 0 Å². The van der Waals surface area contributed by atoms with Crippen molar-refractivity contribution in [3.8, 4) is 0 Å². The van der Waals surface area contributed by atoms with Crippen molar-refractivity contribution in [3.05, 3.63) is 45.5 Å². The van der Waals surface area contributed by atoms with Gasteiger partial charge in [-0.2, -0.15) is 0 Å². The van der Waals surface area contributed by atoms with E-state index in [4.69, 9.17) is 67.5 Å². The Morgan fingerprint density at radius 2 is 1.79 bits per heavy atom. The van der Waals surface area contributed by atoms with Crippen molar-refractivity contribution in [2.45, 2.75) is 29.2 Å². The number of fused-ring (bicyclic) bond motifs is 1. The van der Waals surface area contributed by atoms with Crippen LogP contribution in [0.2, 0.25) is 10.0 Å². The van der Waals surface area contributed by atoms with Gasteiger partial charge in [0.2, 0.25) is 3.79 Å². The molecule has 0 aliphatic heterocycles. The van der Waals surface area contributed by atoms with Crippen molar-refractivity contribution >= 4 is 75.9 Å². The quantitative estimate of drug-likeness (QED) is 0.227. The summed E-state index contributed by atoms with van der Waals surface area (Å²) in [6.45, 7) is 2.25. The molecule has 2 rings (SSSR count). The van der Waals surface area contributed by atoms with Crippen LogP contribution in [0.1, 0.15) is 30.1 Å². The lowest BCUT2D eigenvalue weighted by Crippen LogP contribution is -2.23. The molecule has 0 fully saturated rings. The highest BCUT2D eigenvalue weighted by atomic mass is 35.6. The normalized spacial score (nSPS) is 15.4. The Kier molecular flexibility index (Phi) is 8.49. The molecule has 0 heterocycles. The summed E-state index contributed by atoms with van der Waals surface area (Å²) in [7, 11) is 0. The van der Waals surface area contributed by atoms with Gasteiger partial charge in [0.15, 0.2) is 6.61 Å². The van der Waals surface area contributed by atoms with Gasteiger partial charge in [0.25, 0.3) is 0 Å². The number of carbonyl (C=O) groups is 3. The lowest BCUT2D eigenvalue weighted by atomic mass is 10.1. The zero-order valence-corrected chi connectivity index (χ0v) is 18.6. The number of rotatable bonds is 7. The molecule has 0 saturated carbocycles. The number of carbonyl (C=O) groups excluding carboxylic acids is 3. The number of aryl methyl sites for hydroxylation is 1. The molecule has 1 aliphatic carbocycles. The van der Waals surface area contributed by atoms with Crippen molar-refractivity contribution in [2.24, 2.45) is 0 Å². The molecule has 1 atom stereocenters. The first-order valence-corrected chi connectivity index (χ1v) is 10.1. The number of benzene rings is 1. The Balaban J connectivity index is 1.81. The summed E-state index contributed by atoms with van der Waals surface area (Å²) in [5.74, 6) is -2.56. The minimum Gasteiger partial charge on any atom is -0.459 e. The summed E-state index contributed by atoms with van der Waals surface area (Å²) in [4.78, 5) is 35.4. The molecule has 0 N–H and O–H groups in total. The van der Waals surface area contributed by atoms with E-state index < -0.39 is 47.4 Å². The summed E-state index contributed by atoms with van der Waals surface area (Å²) in [6, 6.07) is 3.35. The summed E-state index contributed by atoms with van der Waals surface area (Å²) < 4.78 is 12.9. The molecule has 0 saturated heterocycles. The molecular weight excluding hydrogens is 489 g/mol. The second kappa shape index (κ2) is 10.2. The van der Waals surface area contributed by atoms with Crippen LogP contribution in [0.3, 0.4) is 0 Å². The van der Waals surface area contributed by atoms with Gasteiger partial charge in [-0.15, -0.1) is 0 Å². The van der Waals surface area contributed by atoms with E-state index in [2.05, 4.69) is 11.3 Å². The van der Waals surface area contributed by atoms with Gasteiger partial charge in [-0.1, -0.05) is 64.6 Å². The highest BCUT2D eigenvalue weighted by molar-refractivity contribution is 6.67. The van der Waals surface area contributed by atoms with Crippen LogP contribution >= 0.6 is 58.0 Å². The summed E-state index contributed by atoms with van der Waals surface area (Å²) in [5.41, 5.74) is 1.42. The van der Waals surface area contributed by atoms with Gasteiger partial charge >= 0.3 is 17.9 Å². The summed E-state index contributed by atoms with van der Waals surface area (Å²) in [6.07, 6.45) is 0.252. The second-order valence-corrected chi connectivity index (χ2v) is 9.47. The molecule has 0 spiro atoms. The highest BCUT2D eigenvalue weighted by Gasteiger charge is 2.29. The van der Waals surface area contributed by atoms with Crippen LogP contribution in [-0.2, 0) is 35.0 Å². The van der Waals surface area contributed by atoms with Crippen LogP contribution in [-0.4, -0.2) is 34.9 Å². The molecule has 0 bridgehead atoms. The van der Waals surface area contributed by atoms with Crippen molar-refractivity contribution in [1.82, 2.24) is 0 Å². The van der Waals surface area contributed by atoms with E-state index in [1.54, 1.807) is 12.1 Å². The van der Waals surface area contributed by atoms with E-state index in [1.807, 2.05) is 0 Å². The Morgan fingerprint density at radius 3 is 2.45 bits per heavy atom. The topological polar surface area (TPSA) is 78.9 Å². The SMILES string of the molecule is C=C(CC(=O)OC1CCc2cc(Cl)cc(Cl)c21)C(=O)OCC(=O)OCC(Cl)(Cl)Cl. The van der Waals surface area contributed by atoms with Crippen LogP contribution in [0.15, 0.2) is 24.3 Å². The minimum atomic E-state index is -1.78. The molecule has 1 unspecified atom stereocenters. The number of hydrogen-bond acceptors (Lipinski definition) is 6. The molecule has 1 aromatic rings. The Hall–Kier alpha value is -1.18. The number of alkyl halides is 3. The largest absolute Gasteiger partial charge is 0.459 e. The van der Waals surface area contributed by atoms with Gasteiger partial charge in [0, 0.05) is 21.2 Å². The molecule has 0 aromatic heterocycles. The standard InChI is InChI=1S/C18H15Cl5O6/c1-9(17(26)27-7-15(25)28-8-18(21,22)23)4-14(24)29-13-3-2-10-5-11(19)6-12(20)16(10)13/h5-6,13H,1-4,7-8H2. The molecule has 11 heteroatoms. The smallest absolute Gasteiger partial charge is 0.344 e. The zero-order chi connectivity index (χ0) is 21.8. The number of hydrogen-bond donors (Lipinski definition) is 0. The predicted molar refractivity (Wildman–Crippen MR) is 110 cm³/mol. The van der Waals surface area contributed by atoms with Crippen molar-refractivity contribution < 1.29 is 28.6 Å². The predicted octanol–water partition coefficient (Wildman–Crippen LogP) is 4.93. The van der Waals surface area contributed by atoms with E-state index >= 15 is 0 Å². The summed E-state index contributed by atoms with van der Waals surface area (Å²) >= 11 is 28.5. The monoisotopic (exact) mass is 502 g/mol. The molecule has 1 aliphatic rings. The maximum Gasteiger partial charge on any atom is 0.344 e. The summed E-state index contributed by atoms with van der Waals surface area (Å²) in [5, 5.41) is 0.915. The molecule has 158 valence electrons. The minimum absolute atomic E-state index is 0.190. The van der Waals surface area contributed by atoms with E-state index in [0.29, 0.717) is 28.5 Å². The van der Waals surface area contributed by atoms with Crippen LogP contribution < -0.4 is 0 Å². The Bertz CT molecular complexity index is 833. The van der Waals surface area contributed by atoms with Crippen LogP contribution in [0.25, 0.3) is 0 Å². The van der Waals surface area contributed by atoms with Crippen LogP contribution in [0.4, 0.5) is 0 Å². The first kappa shape index (κ1) is 24.1. The molecule has 1 aromatic carbocycles. The van der Waals surface area contributed by atoms with Crippen LogP contribution in [0.5, 0.6) is 0 Å². The van der Waals surface area contributed by atoms with Gasteiger partial charge in [-0.3, -0.25) is 4.79 Å². The fourth-order valence-corrected chi connectivity index (χ4v) is 3.45. The lowest BCUT2D eigenvalue weighted by molar-refractivity contribution is -0.157. The first-order valence-electron chi connectivity index (χ1n) is 8.21. The van der Waals surface area contributed by atoms with Crippen molar-refractivity contribution in [2.75, 3.05) is 13.2 Å². The Labute approximate surface area is 191 Å². The average molecular weight is 505 g/mol. The number of ether oxygens (including phenoxy) is 3. The molecule has 0 amide bonds. The lowest BCUT2D eigenvalue weighted by Gasteiger charge is -2.15. The van der Waals surface area contributed by atoms with E-state index in [1.165, 1.54) is 0 Å². The molecule has 6 nitrogen and oxygen atoms in total. The van der Waals surface area contributed by atoms with Crippen molar-refractivity contribution in [3.63, 3.8) is 0 Å². The van der Waals surface area contributed by atoms with Gasteiger partial charge in [0.1, 0.15) is 12.7 Å². The zero-order valence-electron chi connectivity index (χ0n) is 14.8. The third kappa shape index (κ3) is 7.54. The van der Waals surface area contributed by atoms with Gasteiger partial charge in [-0.05, 0) is 30.5 Å². The fourth-order valence-electron chi connectivity index (χ4n) is 2.63. The third-order valence-electron chi connectivity index (χ3n) is 3.82. The van der Waals surface area contributed by atoms with E-state index in [9.17, 15) is 14.4 Å². The van der Waals surface area contributed by atoms with E-state index in [0.717, 1.165) is 5.56 Å². The highest BCUT2D eigenvalue weighted by Crippen LogP contribution is 2.40. The molecule has 29 heavy (non-hydrogen) atoms. The second-order valence-electron chi connectivity index (χ2n) is 6.11. The van der Waals surface area contributed by atoms with Crippen molar-refractivity contribution in [1.29, 1.82) is 0 Å². The number of halogens is 5. The molecular formula is C18H15Cl5O6.